The highest BCUT2D eigenvalue weighted by Gasteiger charge is 2.21. The summed E-state index contributed by atoms with van der Waals surface area (Å²) < 4.78 is 5.39. The van der Waals surface area contributed by atoms with Gasteiger partial charge in [-0.3, -0.25) is 0 Å². The lowest BCUT2D eigenvalue weighted by Crippen LogP contribution is -1.99. The summed E-state index contributed by atoms with van der Waals surface area (Å²) >= 11 is 1.14. The first-order valence-corrected chi connectivity index (χ1v) is 5.39. The Bertz CT molecular complexity index is 333. The van der Waals surface area contributed by atoms with Crippen molar-refractivity contribution in [2.75, 3.05) is 6.61 Å². The Morgan fingerprint density at radius 2 is 2.50 bits per heavy atom. The average molecular weight is 213 g/mol. The number of nitrogens with zero attached hydrogens (tertiary/aromatic N) is 1. The molecule has 4 nitrogen and oxygen atoms in total. The Kier molecular flexibility index (Phi) is 2.79. The van der Waals surface area contributed by atoms with E-state index in [2.05, 4.69) is 4.98 Å². The fraction of sp³-hybridized carbons (Fsp3) is 0.556. The number of hydrogen-bond donors (Lipinski definition) is 1. The molecule has 1 heterocycles. The molecule has 2 rings (SSSR count). The monoisotopic (exact) mass is 213 g/mol. The summed E-state index contributed by atoms with van der Waals surface area (Å²) in [6, 6.07) is 0. The second-order valence-electron chi connectivity index (χ2n) is 3.41. The van der Waals surface area contributed by atoms with E-state index in [9.17, 15) is 4.79 Å². The zero-order valence-electron chi connectivity index (χ0n) is 7.60. The molecule has 0 unspecified atom stereocenters. The van der Waals surface area contributed by atoms with Crippen molar-refractivity contribution in [2.24, 2.45) is 5.92 Å². The lowest BCUT2D eigenvalue weighted by molar-refractivity contribution is 0.0695. The van der Waals surface area contributed by atoms with E-state index in [0.717, 1.165) is 23.9 Å². The largest absolute Gasteiger partial charge is 0.476 e. The molecule has 1 N–H and O–H groups in total. The molecular weight excluding hydrogens is 202 g/mol. The fourth-order valence-electron chi connectivity index (χ4n) is 1.09. The third kappa shape index (κ3) is 2.52. The molecule has 0 atom stereocenters. The van der Waals surface area contributed by atoms with Crippen LogP contribution in [-0.2, 0) is 11.3 Å². The third-order valence-electron chi connectivity index (χ3n) is 2.04. The molecule has 0 saturated heterocycles. The number of thiazole rings is 1. The molecular formula is C9H11NO3S. The molecule has 5 heteroatoms. The SMILES string of the molecule is O=C(O)c1nc(COCC2CC2)cs1. The first-order valence-electron chi connectivity index (χ1n) is 4.51. The van der Waals surface area contributed by atoms with Crippen molar-refractivity contribution in [1.82, 2.24) is 4.98 Å². The van der Waals surface area contributed by atoms with Crippen LogP contribution in [0.1, 0.15) is 28.3 Å². The van der Waals surface area contributed by atoms with E-state index < -0.39 is 5.97 Å². The molecule has 0 aliphatic heterocycles. The number of aromatic nitrogens is 1. The average Bonchev–Trinajstić information content (AvgIpc) is 2.82. The highest BCUT2D eigenvalue weighted by atomic mass is 32.1. The van der Waals surface area contributed by atoms with Gasteiger partial charge in [0.25, 0.3) is 0 Å². The van der Waals surface area contributed by atoms with Gasteiger partial charge in [0.05, 0.1) is 12.3 Å². The Morgan fingerprint density at radius 3 is 3.07 bits per heavy atom. The number of hydrogen-bond acceptors (Lipinski definition) is 4. The number of aromatic carboxylic acids is 1. The normalized spacial score (nSPS) is 15.7. The van der Waals surface area contributed by atoms with Gasteiger partial charge in [0, 0.05) is 12.0 Å². The van der Waals surface area contributed by atoms with E-state index in [1.54, 1.807) is 5.38 Å². The van der Waals surface area contributed by atoms with Crippen LogP contribution in [0.2, 0.25) is 0 Å². The maximum absolute atomic E-state index is 10.5. The number of rotatable bonds is 5. The minimum absolute atomic E-state index is 0.134. The van der Waals surface area contributed by atoms with E-state index in [-0.39, 0.29) is 5.01 Å². The lowest BCUT2D eigenvalue weighted by Gasteiger charge is -1.98. The topological polar surface area (TPSA) is 59.4 Å². The van der Waals surface area contributed by atoms with E-state index >= 15 is 0 Å². The van der Waals surface area contributed by atoms with Crippen LogP contribution in [0.5, 0.6) is 0 Å². The van der Waals surface area contributed by atoms with Crippen LogP contribution in [0.3, 0.4) is 0 Å². The van der Waals surface area contributed by atoms with Crippen molar-refractivity contribution in [3.63, 3.8) is 0 Å². The van der Waals surface area contributed by atoms with Gasteiger partial charge in [-0.1, -0.05) is 0 Å². The highest BCUT2D eigenvalue weighted by molar-refractivity contribution is 7.11. The van der Waals surface area contributed by atoms with Crippen LogP contribution in [0.15, 0.2) is 5.38 Å². The minimum atomic E-state index is -0.969. The summed E-state index contributed by atoms with van der Waals surface area (Å²) in [7, 11) is 0. The van der Waals surface area contributed by atoms with Crippen LogP contribution in [-0.4, -0.2) is 22.7 Å². The standard InChI is InChI=1S/C9H11NO3S/c11-9(12)8-10-7(5-14-8)4-13-3-6-1-2-6/h5-6H,1-4H2,(H,11,12). The second-order valence-corrected chi connectivity index (χ2v) is 4.27. The fourth-order valence-corrected chi connectivity index (χ4v) is 1.73. The van der Waals surface area contributed by atoms with Crippen molar-refractivity contribution in [1.29, 1.82) is 0 Å². The smallest absolute Gasteiger partial charge is 0.365 e. The van der Waals surface area contributed by atoms with E-state index in [1.807, 2.05) is 0 Å². The molecule has 1 aliphatic rings. The number of carboxylic acids is 1. The zero-order valence-corrected chi connectivity index (χ0v) is 8.42. The molecule has 14 heavy (non-hydrogen) atoms. The molecule has 0 spiro atoms. The van der Waals surface area contributed by atoms with Gasteiger partial charge in [0.15, 0.2) is 0 Å². The summed E-state index contributed by atoms with van der Waals surface area (Å²) in [6.45, 7) is 1.21. The Labute approximate surface area is 85.5 Å². The molecule has 0 radical (unpaired) electrons. The van der Waals surface area contributed by atoms with Crippen molar-refractivity contribution in [3.8, 4) is 0 Å². The molecule has 1 fully saturated rings. The van der Waals surface area contributed by atoms with Crippen molar-refractivity contribution < 1.29 is 14.6 Å². The van der Waals surface area contributed by atoms with Gasteiger partial charge in [0.2, 0.25) is 5.01 Å². The van der Waals surface area contributed by atoms with Gasteiger partial charge >= 0.3 is 5.97 Å². The van der Waals surface area contributed by atoms with Crippen LogP contribution < -0.4 is 0 Å². The minimum Gasteiger partial charge on any atom is -0.476 e. The van der Waals surface area contributed by atoms with Crippen molar-refractivity contribution >= 4 is 17.3 Å². The van der Waals surface area contributed by atoms with Gasteiger partial charge in [-0.2, -0.15) is 0 Å². The van der Waals surface area contributed by atoms with Gasteiger partial charge in [-0.05, 0) is 18.8 Å². The summed E-state index contributed by atoms with van der Waals surface area (Å²) in [5.41, 5.74) is 0.716. The second kappa shape index (κ2) is 4.06. The zero-order chi connectivity index (χ0) is 9.97. The first-order chi connectivity index (χ1) is 6.75. The molecule has 1 saturated carbocycles. The molecule has 1 aromatic heterocycles. The summed E-state index contributed by atoms with van der Waals surface area (Å²) in [4.78, 5) is 14.4. The van der Waals surface area contributed by atoms with Crippen molar-refractivity contribution in [2.45, 2.75) is 19.4 Å². The third-order valence-corrected chi connectivity index (χ3v) is 2.91. The van der Waals surface area contributed by atoms with Gasteiger partial charge in [-0.15, -0.1) is 11.3 Å². The molecule has 0 bridgehead atoms. The molecule has 1 aliphatic carbocycles. The quantitative estimate of drug-likeness (QED) is 0.809. The Hall–Kier alpha value is -0.940. The number of carboxylic acid groups (broad SMARTS) is 1. The van der Waals surface area contributed by atoms with Gasteiger partial charge < -0.3 is 9.84 Å². The predicted molar refractivity (Wildman–Crippen MR) is 51.5 cm³/mol. The maximum atomic E-state index is 10.5. The summed E-state index contributed by atoms with van der Waals surface area (Å²) in [6.07, 6.45) is 2.52. The number of carbonyl (C=O) groups is 1. The van der Waals surface area contributed by atoms with E-state index in [1.165, 1.54) is 12.8 Å². The number of ether oxygens (including phenoxy) is 1. The Morgan fingerprint density at radius 1 is 1.71 bits per heavy atom. The van der Waals surface area contributed by atoms with Gasteiger partial charge in [-0.25, -0.2) is 9.78 Å². The van der Waals surface area contributed by atoms with Gasteiger partial charge in [0.1, 0.15) is 0 Å². The Balaban J connectivity index is 1.79. The van der Waals surface area contributed by atoms with Crippen LogP contribution in [0, 0.1) is 5.92 Å². The lowest BCUT2D eigenvalue weighted by atomic mass is 10.4. The maximum Gasteiger partial charge on any atom is 0.365 e. The van der Waals surface area contributed by atoms with Crippen LogP contribution in [0.4, 0.5) is 0 Å². The summed E-state index contributed by atoms with van der Waals surface area (Å²) in [5.74, 6) is -0.240. The highest BCUT2D eigenvalue weighted by Crippen LogP contribution is 2.29. The van der Waals surface area contributed by atoms with E-state index in [0.29, 0.717) is 12.3 Å². The predicted octanol–water partition coefficient (Wildman–Crippen LogP) is 1.77. The van der Waals surface area contributed by atoms with E-state index in [4.69, 9.17) is 9.84 Å². The summed E-state index contributed by atoms with van der Waals surface area (Å²) in [5, 5.41) is 10.5. The van der Waals surface area contributed by atoms with Crippen LogP contribution >= 0.6 is 11.3 Å². The molecule has 76 valence electrons. The van der Waals surface area contributed by atoms with Crippen molar-refractivity contribution in [3.05, 3.63) is 16.1 Å². The first kappa shape index (κ1) is 9.61. The van der Waals surface area contributed by atoms with Crippen LogP contribution in [0.25, 0.3) is 0 Å². The molecule has 0 aromatic carbocycles. The molecule has 1 aromatic rings. The molecule has 0 amide bonds.